The first kappa shape index (κ1) is 12.5. The summed E-state index contributed by atoms with van der Waals surface area (Å²) in [6.07, 6.45) is 1.88. The van der Waals surface area contributed by atoms with E-state index in [1.54, 1.807) is 7.11 Å². The molecule has 2 N–H and O–H groups in total. The summed E-state index contributed by atoms with van der Waals surface area (Å²) in [5, 5.41) is 4.53. The average Bonchev–Trinajstić information content (AvgIpc) is 2.69. The van der Waals surface area contributed by atoms with Gasteiger partial charge in [0.25, 0.3) is 0 Å². The van der Waals surface area contributed by atoms with Gasteiger partial charge in [0.2, 0.25) is 0 Å². The number of aromatic nitrogens is 2. The van der Waals surface area contributed by atoms with Crippen LogP contribution in [0.1, 0.15) is 13.8 Å². The van der Waals surface area contributed by atoms with Crippen LogP contribution in [0.25, 0.3) is 11.3 Å². The molecule has 18 heavy (non-hydrogen) atoms. The first-order chi connectivity index (χ1) is 8.60. The van der Waals surface area contributed by atoms with Gasteiger partial charge in [0.1, 0.15) is 11.4 Å². The first-order valence-corrected chi connectivity index (χ1v) is 6.07. The van der Waals surface area contributed by atoms with E-state index in [0.717, 1.165) is 23.6 Å². The third-order valence-corrected chi connectivity index (χ3v) is 2.69. The number of methoxy groups -OCH3 is 1. The van der Waals surface area contributed by atoms with Crippen molar-refractivity contribution in [3.8, 4) is 17.0 Å². The van der Waals surface area contributed by atoms with Gasteiger partial charge in [0.15, 0.2) is 0 Å². The van der Waals surface area contributed by atoms with E-state index in [1.165, 1.54) is 0 Å². The van der Waals surface area contributed by atoms with Crippen molar-refractivity contribution < 1.29 is 4.74 Å². The molecule has 0 atom stereocenters. The summed E-state index contributed by atoms with van der Waals surface area (Å²) in [6.45, 7) is 5.18. The van der Waals surface area contributed by atoms with Crippen LogP contribution >= 0.6 is 0 Å². The van der Waals surface area contributed by atoms with Gasteiger partial charge in [-0.2, -0.15) is 5.10 Å². The van der Waals surface area contributed by atoms with Crippen LogP contribution in [0.4, 0.5) is 5.69 Å². The monoisotopic (exact) mass is 245 g/mol. The van der Waals surface area contributed by atoms with Gasteiger partial charge >= 0.3 is 0 Å². The third-order valence-electron chi connectivity index (χ3n) is 2.69. The summed E-state index contributed by atoms with van der Waals surface area (Å²) in [5.74, 6) is 1.35. The van der Waals surface area contributed by atoms with Crippen molar-refractivity contribution in [2.75, 3.05) is 12.8 Å². The van der Waals surface area contributed by atoms with Gasteiger partial charge < -0.3 is 10.5 Å². The summed E-state index contributed by atoms with van der Waals surface area (Å²) >= 11 is 0. The van der Waals surface area contributed by atoms with Crippen molar-refractivity contribution in [1.29, 1.82) is 0 Å². The number of rotatable bonds is 4. The molecule has 0 amide bonds. The van der Waals surface area contributed by atoms with Crippen LogP contribution in [-0.2, 0) is 6.54 Å². The molecule has 1 aromatic carbocycles. The van der Waals surface area contributed by atoms with E-state index in [4.69, 9.17) is 10.5 Å². The molecule has 0 fully saturated rings. The first-order valence-electron chi connectivity index (χ1n) is 6.07. The molecule has 1 heterocycles. The lowest BCUT2D eigenvalue weighted by atomic mass is 10.1. The highest BCUT2D eigenvalue weighted by atomic mass is 16.5. The van der Waals surface area contributed by atoms with E-state index < -0.39 is 0 Å². The number of nitrogen functional groups attached to an aromatic ring is 1. The summed E-state index contributed by atoms with van der Waals surface area (Å²) in [4.78, 5) is 0. The Labute approximate surface area is 107 Å². The Morgan fingerprint density at radius 3 is 2.83 bits per heavy atom. The van der Waals surface area contributed by atoms with E-state index in [0.29, 0.717) is 11.6 Å². The van der Waals surface area contributed by atoms with Crippen molar-refractivity contribution in [2.24, 2.45) is 5.92 Å². The number of benzene rings is 1. The topological polar surface area (TPSA) is 53.1 Å². The molecule has 0 unspecified atom stereocenters. The van der Waals surface area contributed by atoms with Gasteiger partial charge in [-0.05, 0) is 18.1 Å². The molecule has 0 aliphatic carbocycles. The molecular weight excluding hydrogens is 226 g/mol. The van der Waals surface area contributed by atoms with Crippen LogP contribution in [-0.4, -0.2) is 16.9 Å². The molecular formula is C14H19N3O. The molecule has 0 saturated heterocycles. The molecule has 4 nitrogen and oxygen atoms in total. The Hall–Kier alpha value is -1.97. The van der Waals surface area contributed by atoms with Crippen LogP contribution in [0, 0.1) is 5.92 Å². The van der Waals surface area contributed by atoms with Crippen molar-refractivity contribution in [2.45, 2.75) is 20.4 Å². The highest BCUT2D eigenvalue weighted by Crippen LogP contribution is 2.27. The summed E-state index contributed by atoms with van der Waals surface area (Å²) < 4.78 is 7.11. The SMILES string of the molecule is COc1cccc(-c2nn(CC(C)C)cc2N)c1. The molecule has 0 aliphatic heterocycles. The molecule has 0 aliphatic rings. The fourth-order valence-electron chi connectivity index (χ4n) is 1.90. The van der Waals surface area contributed by atoms with Crippen LogP contribution in [0.5, 0.6) is 5.75 Å². The molecule has 0 saturated carbocycles. The molecule has 96 valence electrons. The standard InChI is InChI=1S/C14H19N3O/c1-10(2)8-17-9-13(15)14(16-17)11-5-4-6-12(7-11)18-3/h4-7,9-10H,8,15H2,1-3H3. The van der Waals surface area contributed by atoms with Crippen LogP contribution in [0.3, 0.4) is 0 Å². The lowest BCUT2D eigenvalue weighted by molar-refractivity contribution is 0.415. The van der Waals surface area contributed by atoms with Gasteiger partial charge in [-0.15, -0.1) is 0 Å². The number of nitrogens with zero attached hydrogens (tertiary/aromatic N) is 2. The van der Waals surface area contributed by atoms with Crippen LogP contribution in [0.15, 0.2) is 30.5 Å². The van der Waals surface area contributed by atoms with E-state index in [-0.39, 0.29) is 0 Å². The minimum atomic E-state index is 0.544. The largest absolute Gasteiger partial charge is 0.497 e. The fourth-order valence-corrected chi connectivity index (χ4v) is 1.90. The normalized spacial score (nSPS) is 10.9. The van der Waals surface area contributed by atoms with Gasteiger partial charge in [0.05, 0.1) is 12.8 Å². The maximum Gasteiger partial charge on any atom is 0.119 e. The van der Waals surface area contributed by atoms with Crippen LogP contribution in [0.2, 0.25) is 0 Å². The Kier molecular flexibility index (Phi) is 3.55. The second kappa shape index (κ2) is 5.12. The maximum absolute atomic E-state index is 6.02. The molecule has 0 bridgehead atoms. The third kappa shape index (κ3) is 2.64. The maximum atomic E-state index is 6.02. The lowest BCUT2D eigenvalue weighted by Crippen LogP contribution is -2.04. The van der Waals surface area contributed by atoms with Gasteiger partial charge in [-0.25, -0.2) is 0 Å². The smallest absolute Gasteiger partial charge is 0.119 e. The Bertz CT molecular complexity index is 532. The predicted octanol–water partition coefficient (Wildman–Crippen LogP) is 2.80. The van der Waals surface area contributed by atoms with E-state index in [9.17, 15) is 0 Å². The highest BCUT2D eigenvalue weighted by molar-refractivity contribution is 5.72. The second-order valence-corrected chi connectivity index (χ2v) is 4.78. The zero-order valence-corrected chi connectivity index (χ0v) is 11.1. The predicted molar refractivity (Wildman–Crippen MR) is 73.5 cm³/mol. The zero-order chi connectivity index (χ0) is 13.1. The van der Waals surface area contributed by atoms with Crippen molar-refractivity contribution >= 4 is 5.69 Å². The molecule has 1 aromatic heterocycles. The number of hydrogen-bond donors (Lipinski definition) is 1. The Morgan fingerprint density at radius 1 is 1.39 bits per heavy atom. The van der Waals surface area contributed by atoms with Crippen molar-refractivity contribution in [3.63, 3.8) is 0 Å². The number of hydrogen-bond acceptors (Lipinski definition) is 3. The summed E-state index contributed by atoms with van der Waals surface area (Å²) in [7, 11) is 1.65. The van der Waals surface area contributed by atoms with E-state index in [2.05, 4.69) is 18.9 Å². The van der Waals surface area contributed by atoms with Gasteiger partial charge in [0, 0.05) is 18.3 Å². The lowest BCUT2D eigenvalue weighted by Gasteiger charge is -2.04. The molecule has 2 aromatic rings. The summed E-state index contributed by atoms with van der Waals surface area (Å²) in [5.41, 5.74) is 8.51. The minimum absolute atomic E-state index is 0.544. The molecule has 4 heteroatoms. The van der Waals surface area contributed by atoms with E-state index in [1.807, 2.05) is 35.1 Å². The number of anilines is 1. The Morgan fingerprint density at radius 2 is 2.17 bits per heavy atom. The van der Waals surface area contributed by atoms with Crippen LogP contribution < -0.4 is 10.5 Å². The highest BCUT2D eigenvalue weighted by Gasteiger charge is 2.10. The zero-order valence-electron chi connectivity index (χ0n) is 11.1. The summed E-state index contributed by atoms with van der Waals surface area (Å²) in [6, 6.07) is 7.78. The number of ether oxygens (including phenoxy) is 1. The van der Waals surface area contributed by atoms with Crippen molar-refractivity contribution in [3.05, 3.63) is 30.5 Å². The van der Waals surface area contributed by atoms with E-state index >= 15 is 0 Å². The van der Waals surface area contributed by atoms with Crippen molar-refractivity contribution in [1.82, 2.24) is 9.78 Å². The quantitative estimate of drug-likeness (QED) is 0.901. The molecule has 0 radical (unpaired) electrons. The minimum Gasteiger partial charge on any atom is -0.497 e. The Balaban J connectivity index is 2.34. The molecule has 0 spiro atoms. The fraction of sp³-hybridized carbons (Fsp3) is 0.357. The van der Waals surface area contributed by atoms with Gasteiger partial charge in [-0.1, -0.05) is 26.0 Å². The number of nitrogens with two attached hydrogens (primary N) is 1. The average molecular weight is 245 g/mol. The van der Waals surface area contributed by atoms with Gasteiger partial charge in [-0.3, -0.25) is 4.68 Å². The molecule has 2 rings (SSSR count). The second-order valence-electron chi connectivity index (χ2n) is 4.78.